The molecule has 0 aliphatic heterocycles. The molecule has 2 aliphatic rings. The first-order chi connectivity index (χ1) is 11.1. The van der Waals surface area contributed by atoms with Gasteiger partial charge >= 0.3 is 0 Å². The molecule has 0 aromatic heterocycles. The fourth-order valence-corrected chi connectivity index (χ4v) is 3.28. The van der Waals surface area contributed by atoms with Crippen LogP contribution in [-0.2, 0) is 11.3 Å². The van der Waals surface area contributed by atoms with Crippen LogP contribution < -0.4 is 5.32 Å². The van der Waals surface area contributed by atoms with Gasteiger partial charge in [-0.25, -0.2) is 0 Å². The molecular weight excluding hydrogens is 288 g/mol. The fraction of sp³-hybridized carbons (Fsp3) is 0.579. The number of amides is 2. The average Bonchev–Trinajstić information content (AvgIpc) is 3.45. The number of nitrogens with zero attached hydrogens (tertiary/aromatic N) is 1. The third-order valence-electron chi connectivity index (χ3n) is 5.06. The summed E-state index contributed by atoms with van der Waals surface area (Å²) >= 11 is 0. The lowest BCUT2D eigenvalue weighted by Gasteiger charge is -2.31. The molecule has 2 saturated carbocycles. The zero-order chi connectivity index (χ0) is 16.2. The van der Waals surface area contributed by atoms with Crippen molar-refractivity contribution in [2.75, 3.05) is 7.05 Å². The van der Waals surface area contributed by atoms with Gasteiger partial charge in [-0.1, -0.05) is 31.4 Å². The van der Waals surface area contributed by atoms with Crippen molar-refractivity contribution in [3.63, 3.8) is 0 Å². The summed E-state index contributed by atoms with van der Waals surface area (Å²) in [4.78, 5) is 26.1. The summed E-state index contributed by atoms with van der Waals surface area (Å²) in [5.74, 6) is 0.493. The molecule has 3 rings (SSSR count). The molecule has 0 atom stereocenters. The molecule has 2 amide bonds. The first kappa shape index (κ1) is 16.0. The minimum Gasteiger partial charge on any atom is -0.352 e. The zero-order valence-corrected chi connectivity index (χ0v) is 13.9. The van der Waals surface area contributed by atoms with Crippen LogP contribution >= 0.6 is 0 Å². The van der Waals surface area contributed by atoms with Crippen LogP contribution in [0.15, 0.2) is 24.3 Å². The minimum atomic E-state index is 0.102. The molecule has 0 radical (unpaired) electrons. The topological polar surface area (TPSA) is 49.4 Å². The number of benzene rings is 1. The second-order valence-corrected chi connectivity index (χ2v) is 6.90. The molecule has 2 fully saturated rings. The molecule has 4 nitrogen and oxygen atoms in total. The van der Waals surface area contributed by atoms with Gasteiger partial charge in [-0.05, 0) is 43.4 Å². The Hall–Kier alpha value is -1.84. The predicted molar refractivity (Wildman–Crippen MR) is 90.0 cm³/mol. The third-order valence-corrected chi connectivity index (χ3v) is 5.06. The van der Waals surface area contributed by atoms with Gasteiger partial charge in [0.05, 0.1) is 0 Å². The Morgan fingerprint density at radius 3 is 2.30 bits per heavy atom. The largest absolute Gasteiger partial charge is 0.352 e. The lowest BCUT2D eigenvalue weighted by molar-refractivity contribution is -0.122. The van der Waals surface area contributed by atoms with Crippen molar-refractivity contribution >= 4 is 11.8 Å². The van der Waals surface area contributed by atoms with E-state index in [4.69, 9.17) is 0 Å². The van der Waals surface area contributed by atoms with Gasteiger partial charge in [-0.3, -0.25) is 9.59 Å². The summed E-state index contributed by atoms with van der Waals surface area (Å²) < 4.78 is 0. The maximum absolute atomic E-state index is 12.6. The first-order valence-electron chi connectivity index (χ1n) is 8.79. The van der Waals surface area contributed by atoms with Crippen molar-refractivity contribution in [2.45, 2.75) is 57.5 Å². The van der Waals surface area contributed by atoms with Crippen molar-refractivity contribution in [1.29, 1.82) is 0 Å². The van der Waals surface area contributed by atoms with Gasteiger partial charge in [0, 0.05) is 31.1 Å². The van der Waals surface area contributed by atoms with Crippen molar-refractivity contribution in [1.82, 2.24) is 10.2 Å². The highest BCUT2D eigenvalue weighted by Gasteiger charge is 2.29. The Bertz CT molecular complexity index is 557. The molecule has 0 saturated heterocycles. The SMILES string of the molecule is CN(C(=O)c1ccc(CNC(=O)C2CC2)cc1)C1CCCCC1. The van der Waals surface area contributed by atoms with Gasteiger partial charge in [-0.15, -0.1) is 0 Å². The van der Waals surface area contributed by atoms with E-state index in [1.165, 1.54) is 19.3 Å². The number of nitrogens with one attached hydrogen (secondary N) is 1. The second-order valence-electron chi connectivity index (χ2n) is 6.90. The highest BCUT2D eigenvalue weighted by Crippen LogP contribution is 2.28. The summed E-state index contributed by atoms with van der Waals surface area (Å²) in [5.41, 5.74) is 1.77. The highest BCUT2D eigenvalue weighted by atomic mass is 16.2. The van der Waals surface area contributed by atoms with Crippen molar-refractivity contribution in [2.24, 2.45) is 5.92 Å². The van der Waals surface area contributed by atoms with Gasteiger partial charge in [0.25, 0.3) is 5.91 Å². The van der Waals surface area contributed by atoms with Crippen LogP contribution in [0.5, 0.6) is 0 Å². The molecule has 0 unspecified atom stereocenters. The monoisotopic (exact) mass is 314 g/mol. The molecule has 1 aromatic rings. The van der Waals surface area contributed by atoms with Gasteiger partial charge in [0.15, 0.2) is 0 Å². The molecule has 2 aliphatic carbocycles. The molecule has 0 bridgehead atoms. The number of rotatable bonds is 5. The summed E-state index contributed by atoms with van der Waals surface area (Å²) in [5, 5.41) is 2.95. The van der Waals surface area contributed by atoms with Gasteiger partial charge in [0.2, 0.25) is 5.91 Å². The van der Waals surface area contributed by atoms with E-state index in [0.717, 1.165) is 36.8 Å². The van der Waals surface area contributed by atoms with E-state index in [1.54, 1.807) is 0 Å². The van der Waals surface area contributed by atoms with Gasteiger partial charge in [-0.2, -0.15) is 0 Å². The van der Waals surface area contributed by atoms with Crippen LogP contribution in [0.4, 0.5) is 0 Å². The van der Waals surface area contributed by atoms with Crippen LogP contribution in [0.3, 0.4) is 0 Å². The minimum absolute atomic E-state index is 0.102. The Labute approximate surface area is 138 Å². The Balaban J connectivity index is 1.54. The summed E-state index contributed by atoms with van der Waals surface area (Å²) in [6.45, 7) is 0.544. The third kappa shape index (κ3) is 4.12. The predicted octanol–water partition coefficient (Wildman–Crippen LogP) is 3.12. The molecule has 0 spiro atoms. The molecule has 124 valence electrons. The number of hydrogen-bond acceptors (Lipinski definition) is 2. The highest BCUT2D eigenvalue weighted by molar-refractivity contribution is 5.94. The molecule has 0 heterocycles. The van der Waals surface area contributed by atoms with E-state index >= 15 is 0 Å². The van der Waals surface area contributed by atoms with Crippen LogP contribution in [-0.4, -0.2) is 29.8 Å². The van der Waals surface area contributed by atoms with Gasteiger partial charge in [0.1, 0.15) is 0 Å². The first-order valence-corrected chi connectivity index (χ1v) is 8.79. The van der Waals surface area contributed by atoms with Crippen LogP contribution in [0.1, 0.15) is 60.9 Å². The molecule has 1 aromatic carbocycles. The Morgan fingerprint density at radius 1 is 1.04 bits per heavy atom. The van der Waals surface area contributed by atoms with Crippen LogP contribution in [0.2, 0.25) is 0 Å². The van der Waals surface area contributed by atoms with Crippen LogP contribution in [0.25, 0.3) is 0 Å². The average molecular weight is 314 g/mol. The maximum atomic E-state index is 12.6. The van der Waals surface area contributed by atoms with Crippen molar-refractivity contribution < 1.29 is 9.59 Å². The van der Waals surface area contributed by atoms with E-state index < -0.39 is 0 Å². The molecule has 1 N–H and O–H groups in total. The van der Waals surface area contributed by atoms with E-state index in [2.05, 4.69) is 5.32 Å². The van der Waals surface area contributed by atoms with E-state index in [1.807, 2.05) is 36.2 Å². The lowest BCUT2D eigenvalue weighted by Crippen LogP contribution is -2.38. The van der Waals surface area contributed by atoms with Crippen molar-refractivity contribution in [3.05, 3.63) is 35.4 Å². The number of carbonyl (C=O) groups is 2. The Morgan fingerprint density at radius 2 is 1.70 bits per heavy atom. The van der Waals surface area contributed by atoms with E-state index in [0.29, 0.717) is 12.6 Å². The fourth-order valence-electron chi connectivity index (χ4n) is 3.28. The summed E-state index contributed by atoms with van der Waals surface area (Å²) in [6, 6.07) is 8.01. The quantitative estimate of drug-likeness (QED) is 0.908. The number of hydrogen-bond donors (Lipinski definition) is 1. The lowest BCUT2D eigenvalue weighted by atomic mass is 9.94. The molecular formula is C19H26N2O2. The standard InChI is InChI=1S/C19H26N2O2/c1-21(17-5-3-2-4-6-17)19(23)16-9-7-14(8-10-16)13-20-18(22)15-11-12-15/h7-10,15,17H,2-6,11-13H2,1H3,(H,20,22). The Kier molecular flexibility index (Phi) is 4.99. The van der Waals surface area contributed by atoms with Crippen molar-refractivity contribution in [3.8, 4) is 0 Å². The number of carbonyl (C=O) groups excluding carboxylic acids is 2. The molecule has 23 heavy (non-hydrogen) atoms. The van der Waals surface area contributed by atoms with E-state index in [9.17, 15) is 9.59 Å². The summed E-state index contributed by atoms with van der Waals surface area (Å²) in [6.07, 6.45) is 8.02. The zero-order valence-electron chi connectivity index (χ0n) is 13.9. The van der Waals surface area contributed by atoms with E-state index in [-0.39, 0.29) is 17.7 Å². The normalized spacial score (nSPS) is 18.5. The molecule has 4 heteroatoms. The summed E-state index contributed by atoms with van der Waals surface area (Å²) in [7, 11) is 1.92. The van der Waals surface area contributed by atoms with Gasteiger partial charge < -0.3 is 10.2 Å². The van der Waals surface area contributed by atoms with Crippen LogP contribution in [0, 0.1) is 5.92 Å². The second kappa shape index (κ2) is 7.16. The maximum Gasteiger partial charge on any atom is 0.253 e. The smallest absolute Gasteiger partial charge is 0.253 e.